The number of hydrogen-bond donors (Lipinski definition) is 0. The highest BCUT2D eigenvalue weighted by atomic mass is 16.5. The molecule has 2 atom stereocenters. The number of anilines is 1. The van der Waals surface area contributed by atoms with E-state index in [2.05, 4.69) is 0 Å². The van der Waals surface area contributed by atoms with Crippen molar-refractivity contribution in [3.8, 4) is 11.5 Å². The molecule has 0 saturated carbocycles. The van der Waals surface area contributed by atoms with Gasteiger partial charge in [-0.15, -0.1) is 0 Å². The van der Waals surface area contributed by atoms with E-state index in [0.717, 1.165) is 0 Å². The minimum atomic E-state index is -0.314. The Balaban J connectivity index is 1.73. The van der Waals surface area contributed by atoms with Gasteiger partial charge in [-0.25, -0.2) is 0 Å². The van der Waals surface area contributed by atoms with Crippen molar-refractivity contribution in [1.29, 1.82) is 0 Å². The van der Waals surface area contributed by atoms with E-state index in [1.807, 2.05) is 17.9 Å². The zero-order chi connectivity index (χ0) is 18.0. The van der Waals surface area contributed by atoms with E-state index in [9.17, 15) is 9.59 Å². The Bertz CT molecular complexity index is 663. The van der Waals surface area contributed by atoms with Crippen LogP contribution in [-0.4, -0.2) is 63.3 Å². The molecule has 2 heterocycles. The minimum Gasteiger partial charge on any atom is -0.493 e. The molecule has 0 bridgehead atoms. The quantitative estimate of drug-likeness (QED) is 0.820. The van der Waals surface area contributed by atoms with Crippen molar-refractivity contribution >= 4 is 17.5 Å². The molecule has 0 aromatic heterocycles. The highest BCUT2D eigenvalue weighted by Gasteiger charge is 2.38. The van der Waals surface area contributed by atoms with Gasteiger partial charge in [-0.05, 0) is 19.1 Å². The van der Waals surface area contributed by atoms with Crippen molar-refractivity contribution in [2.24, 2.45) is 5.92 Å². The van der Waals surface area contributed by atoms with Gasteiger partial charge in [-0.1, -0.05) is 0 Å². The largest absolute Gasteiger partial charge is 0.493 e. The van der Waals surface area contributed by atoms with Crippen LogP contribution in [0.15, 0.2) is 18.2 Å². The Morgan fingerprint density at radius 1 is 1.20 bits per heavy atom. The molecule has 2 amide bonds. The molecule has 2 aliphatic rings. The summed E-state index contributed by atoms with van der Waals surface area (Å²) in [4.78, 5) is 28.6. The predicted octanol–water partition coefficient (Wildman–Crippen LogP) is 1.30. The van der Waals surface area contributed by atoms with Crippen LogP contribution in [0.4, 0.5) is 5.69 Å². The first-order valence-electron chi connectivity index (χ1n) is 8.46. The van der Waals surface area contributed by atoms with Gasteiger partial charge in [0.15, 0.2) is 11.5 Å². The second-order valence-electron chi connectivity index (χ2n) is 6.41. The molecule has 7 nitrogen and oxygen atoms in total. The Morgan fingerprint density at radius 3 is 2.64 bits per heavy atom. The van der Waals surface area contributed by atoms with E-state index in [1.54, 1.807) is 31.3 Å². The van der Waals surface area contributed by atoms with Gasteiger partial charge < -0.3 is 24.0 Å². The fraction of sp³-hybridized carbons (Fsp3) is 0.556. The van der Waals surface area contributed by atoms with Crippen molar-refractivity contribution < 1.29 is 23.8 Å². The molecule has 2 fully saturated rings. The maximum atomic E-state index is 12.7. The van der Waals surface area contributed by atoms with Crippen LogP contribution in [0.5, 0.6) is 11.5 Å². The van der Waals surface area contributed by atoms with Gasteiger partial charge in [0.1, 0.15) is 0 Å². The van der Waals surface area contributed by atoms with Crippen LogP contribution in [0.25, 0.3) is 0 Å². The average molecular weight is 348 g/mol. The summed E-state index contributed by atoms with van der Waals surface area (Å²) in [6.07, 6.45) is 0.274. The number of methoxy groups -OCH3 is 2. The van der Waals surface area contributed by atoms with Gasteiger partial charge in [0, 0.05) is 37.8 Å². The van der Waals surface area contributed by atoms with Gasteiger partial charge in [-0.3, -0.25) is 9.59 Å². The first-order chi connectivity index (χ1) is 12.0. The third-order valence-corrected chi connectivity index (χ3v) is 4.71. The maximum Gasteiger partial charge on any atom is 0.228 e. The van der Waals surface area contributed by atoms with Crippen molar-refractivity contribution in [2.75, 3.05) is 45.4 Å². The van der Waals surface area contributed by atoms with E-state index < -0.39 is 0 Å². The Kier molecular flexibility index (Phi) is 5.13. The van der Waals surface area contributed by atoms with E-state index in [1.165, 1.54) is 0 Å². The number of morpholine rings is 1. The van der Waals surface area contributed by atoms with Crippen molar-refractivity contribution in [3.63, 3.8) is 0 Å². The van der Waals surface area contributed by atoms with E-state index in [-0.39, 0.29) is 30.3 Å². The number of amides is 2. The molecule has 0 spiro atoms. The van der Waals surface area contributed by atoms with E-state index in [4.69, 9.17) is 14.2 Å². The summed E-state index contributed by atoms with van der Waals surface area (Å²) < 4.78 is 16.0. The third kappa shape index (κ3) is 3.56. The number of nitrogens with zero attached hydrogens (tertiary/aromatic N) is 2. The molecule has 1 aromatic carbocycles. The van der Waals surface area contributed by atoms with Crippen LogP contribution >= 0.6 is 0 Å². The molecule has 0 N–H and O–H groups in total. The summed E-state index contributed by atoms with van der Waals surface area (Å²) in [5, 5.41) is 0. The Hall–Kier alpha value is -2.28. The molecule has 0 unspecified atom stereocenters. The molecule has 2 saturated heterocycles. The van der Waals surface area contributed by atoms with Crippen molar-refractivity contribution in [2.45, 2.75) is 19.4 Å². The highest BCUT2D eigenvalue weighted by molar-refractivity contribution is 6.00. The Morgan fingerprint density at radius 2 is 1.96 bits per heavy atom. The molecule has 3 rings (SSSR count). The predicted molar refractivity (Wildman–Crippen MR) is 92.0 cm³/mol. The summed E-state index contributed by atoms with van der Waals surface area (Å²) in [5.41, 5.74) is 0.716. The molecule has 7 heteroatoms. The molecule has 0 aliphatic carbocycles. The standard InChI is InChI=1S/C18H24N2O5/c1-12-10-19(6-7-25-12)18(22)13-8-17(21)20(11-13)14-4-5-15(23-2)16(9-14)24-3/h4-5,9,12-13H,6-8,10-11H2,1-3H3/t12-,13+/m1/s1. The number of ether oxygens (including phenoxy) is 3. The molecule has 0 radical (unpaired) electrons. The summed E-state index contributed by atoms with van der Waals surface area (Å²) >= 11 is 0. The van der Waals surface area contributed by atoms with E-state index >= 15 is 0 Å². The van der Waals surface area contributed by atoms with Crippen molar-refractivity contribution in [1.82, 2.24) is 4.90 Å². The molecule has 2 aliphatic heterocycles. The number of carbonyl (C=O) groups excluding carboxylic acids is 2. The summed E-state index contributed by atoms with van der Waals surface area (Å²) in [6.45, 7) is 4.06. The highest BCUT2D eigenvalue weighted by Crippen LogP contribution is 2.34. The van der Waals surface area contributed by atoms with E-state index in [0.29, 0.717) is 43.4 Å². The second kappa shape index (κ2) is 7.31. The SMILES string of the molecule is COc1ccc(N2C[C@@H](C(=O)N3CCO[C@H](C)C3)CC2=O)cc1OC. The van der Waals surface area contributed by atoms with Gasteiger partial charge >= 0.3 is 0 Å². The Labute approximate surface area is 147 Å². The monoisotopic (exact) mass is 348 g/mol. The first-order valence-corrected chi connectivity index (χ1v) is 8.46. The average Bonchev–Trinajstić information content (AvgIpc) is 3.02. The lowest BCUT2D eigenvalue weighted by Crippen LogP contribution is -2.47. The lowest BCUT2D eigenvalue weighted by Gasteiger charge is -2.32. The number of carbonyl (C=O) groups is 2. The summed E-state index contributed by atoms with van der Waals surface area (Å²) in [6, 6.07) is 5.34. The van der Waals surface area contributed by atoms with Gasteiger partial charge in [-0.2, -0.15) is 0 Å². The minimum absolute atomic E-state index is 0.0338. The zero-order valence-electron chi connectivity index (χ0n) is 14.9. The fourth-order valence-corrected chi connectivity index (χ4v) is 3.39. The third-order valence-electron chi connectivity index (χ3n) is 4.71. The summed E-state index contributed by atoms with van der Waals surface area (Å²) in [5.74, 6) is 0.835. The normalized spacial score (nSPS) is 23.7. The second-order valence-corrected chi connectivity index (χ2v) is 6.41. The number of benzene rings is 1. The maximum absolute atomic E-state index is 12.7. The fourth-order valence-electron chi connectivity index (χ4n) is 3.39. The molecular weight excluding hydrogens is 324 g/mol. The summed E-state index contributed by atoms with van der Waals surface area (Å²) in [7, 11) is 3.12. The molecular formula is C18H24N2O5. The number of rotatable bonds is 4. The molecule has 25 heavy (non-hydrogen) atoms. The lowest BCUT2D eigenvalue weighted by molar-refractivity contribution is -0.142. The zero-order valence-corrected chi connectivity index (χ0v) is 14.9. The van der Waals surface area contributed by atoms with Gasteiger partial charge in [0.05, 0.1) is 32.8 Å². The van der Waals surface area contributed by atoms with Gasteiger partial charge in [0.2, 0.25) is 11.8 Å². The van der Waals surface area contributed by atoms with Crippen LogP contribution in [-0.2, 0) is 14.3 Å². The van der Waals surface area contributed by atoms with Gasteiger partial charge in [0.25, 0.3) is 0 Å². The molecule has 136 valence electrons. The van der Waals surface area contributed by atoms with Crippen LogP contribution < -0.4 is 14.4 Å². The lowest BCUT2D eigenvalue weighted by atomic mass is 10.1. The van der Waals surface area contributed by atoms with Crippen LogP contribution in [0.1, 0.15) is 13.3 Å². The molecule has 1 aromatic rings. The van der Waals surface area contributed by atoms with Crippen LogP contribution in [0, 0.1) is 5.92 Å². The van der Waals surface area contributed by atoms with Crippen LogP contribution in [0.2, 0.25) is 0 Å². The first kappa shape index (κ1) is 17.5. The topological polar surface area (TPSA) is 68.3 Å². The number of hydrogen-bond acceptors (Lipinski definition) is 5. The van der Waals surface area contributed by atoms with Crippen molar-refractivity contribution in [3.05, 3.63) is 18.2 Å². The van der Waals surface area contributed by atoms with Crippen LogP contribution in [0.3, 0.4) is 0 Å². The smallest absolute Gasteiger partial charge is 0.228 e.